The molecule has 3 aromatic rings. The average molecular weight is 400 g/mol. The van der Waals surface area contributed by atoms with Gasteiger partial charge < -0.3 is 11.1 Å². The van der Waals surface area contributed by atoms with Crippen molar-refractivity contribution in [2.45, 2.75) is 0 Å². The molecule has 4 nitrogen and oxygen atoms in total. The Bertz CT molecular complexity index is 736. The smallest absolute Gasteiger partial charge is 0.223 e. The van der Waals surface area contributed by atoms with E-state index in [1.165, 1.54) is 0 Å². The number of nitrogen functional groups attached to an aromatic ring is 1. The fourth-order valence-electron chi connectivity index (χ4n) is 1.70. The number of nitrogens with two attached hydrogens (primary N) is 1. The Balaban J connectivity index is 2.13. The van der Waals surface area contributed by atoms with Gasteiger partial charge in [-0.3, -0.25) is 0 Å². The van der Waals surface area contributed by atoms with Gasteiger partial charge in [0.25, 0.3) is 0 Å². The van der Waals surface area contributed by atoms with E-state index in [0.29, 0.717) is 5.82 Å². The molecule has 3 rings (SSSR count). The molecule has 0 aliphatic carbocycles. The number of thiophene rings is 1. The highest BCUT2D eigenvalue weighted by Crippen LogP contribution is 2.35. The molecule has 7 heteroatoms. The first kappa shape index (κ1) is 12.8. The van der Waals surface area contributed by atoms with E-state index < -0.39 is 0 Å². The number of anilines is 3. The van der Waals surface area contributed by atoms with Crippen molar-refractivity contribution in [2.24, 2.45) is 0 Å². The predicted molar refractivity (Wildman–Crippen MR) is 87.0 cm³/mol. The molecule has 0 bridgehead atoms. The van der Waals surface area contributed by atoms with E-state index in [0.717, 1.165) is 24.8 Å². The highest BCUT2D eigenvalue weighted by Gasteiger charge is 2.11. The van der Waals surface area contributed by atoms with Crippen LogP contribution in [0.25, 0.3) is 10.2 Å². The number of rotatable bonds is 2. The SMILES string of the molecule is Nc1nc(Nc2c(Br)cccc2Br)c2ccsc2n1. The summed E-state index contributed by atoms with van der Waals surface area (Å²) in [6, 6.07) is 7.85. The summed E-state index contributed by atoms with van der Waals surface area (Å²) in [6.45, 7) is 0. The number of para-hydroxylation sites is 1. The molecule has 1 aromatic carbocycles. The average Bonchev–Trinajstić information content (AvgIpc) is 2.81. The third-order valence-electron chi connectivity index (χ3n) is 2.55. The predicted octanol–water partition coefficient (Wildman–Crippen LogP) is 4.54. The Morgan fingerprint density at radius 3 is 2.58 bits per heavy atom. The maximum Gasteiger partial charge on any atom is 0.223 e. The summed E-state index contributed by atoms with van der Waals surface area (Å²) in [5.41, 5.74) is 6.64. The van der Waals surface area contributed by atoms with Crippen LogP contribution in [0.3, 0.4) is 0 Å². The lowest BCUT2D eigenvalue weighted by atomic mass is 10.3. The zero-order valence-electron chi connectivity index (χ0n) is 9.52. The quantitative estimate of drug-likeness (QED) is 0.663. The minimum atomic E-state index is 0.264. The summed E-state index contributed by atoms with van der Waals surface area (Å²) >= 11 is 8.57. The van der Waals surface area contributed by atoms with Gasteiger partial charge in [-0.2, -0.15) is 4.98 Å². The van der Waals surface area contributed by atoms with Crippen molar-refractivity contribution in [3.8, 4) is 0 Å². The second-order valence-electron chi connectivity index (χ2n) is 3.79. The van der Waals surface area contributed by atoms with Gasteiger partial charge in [-0.1, -0.05) is 6.07 Å². The number of hydrogen-bond donors (Lipinski definition) is 2. The molecular weight excluding hydrogens is 392 g/mol. The van der Waals surface area contributed by atoms with Crippen molar-refractivity contribution >= 4 is 70.9 Å². The molecule has 0 saturated carbocycles. The number of aromatic nitrogens is 2. The molecule has 0 spiro atoms. The van der Waals surface area contributed by atoms with Crippen molar-refractivity contribution in [1.29, 1.82) is 0 Å². The van der Waals surface area contributed by atoms with E-state index in [1.54, 1.807) is 11.3 Å². The van der Waals surface area contributed by atoms with Crippen LogP contribution in [-0.2, 0) is 0 Å². The van der Waals surface area contributed by atoms with Crippen LogP contribution >= 0.6 is 43.2 Å². The molecule has 0 amide bonds. The first-order valence-corrected chi connectivity index (χ1v) is 7.83. The fraction of sp³-hybridized carbons (Fsp3) is 0. The highest BCUT2D eigenvalue weighted by atomic mass is 79.9. The molecule has 96 valence electrons. The van der Waals surface area contributed by atoms with Crippen molar-refractivity contribution in [2.75, 3.05) is 11.1 Å². The summed E-state index contributed by atoms with van der Waals surface area (Å²) in [7, 11) is 0. The summed E-state index contributed by atoms with van der Waals surface area (Å²) in [5.74, 6) is 0.969. The van der Waals surface area contributed by atoms with Crippen molar-refractivity contribution in [3.05, 3.63) is 38.6 Å². The number of nitrogens with one attached hydrogen (secondary N) is 1. The number of nitrogens with zero attached hydrogens (tertiary/aromatic N) is 2. The highest BCUT2D eigenvalue weighted by molar-refractivity contribution is 9.11. The van der Waals surface area contributed by atoms with Crippen LogP contribution in [-0.4, -0.2) is 9.97 Å². The summed E-state index contributed by atoms with van der Waals surface area (Å²) in [6.07, 6.45) is 0. The molecule has 0 aliphatic rings. The second kappa shape index (κ2) is 5.07. The Labute approximate surface area is 130 Å². The molecule has 0 fully saturated rings. The monoisotopic (exact) mass is 398 g/mol. The number of halogens is 2. The third-order valence-corrected chi connectivity index (χ3v) is 4.68. The minimum Gasteiger partial charge on any atom is -0.368 e. The maximum atomic E-state index is 5.73. The topological polar surface area (TPSA) is 63.8 Å². The van der Waals surface area contributed by atoms with E-state index in [-0.39, 0.29) is 5.95 Å². The molecule has 0 saturated heterocycles. The maximum absolute atomic E-state index is 5.73. The largest absolute Gasteiger partial charge is 0.368 e. The van der Waals surface area contributed by atoms with Gasteiger partial charge in [0, 0.05) is 8.95 Å². The standard InChI is InChI=1S/C12H8Br2N4S/c13-7-2-1-3-8(14)9(7)16-10-6-4-5-19-11(6)18-12(15)17-10/h1-5H,(H3,15,16,17,18). The van der Waals surface area contributed by atoms with E-state index in [1.807, 2.05) is 29.6 Å². The van der Waals surface area contributed by atoms with Gasteiger partial charge in [0.1, 0.15) is 10.6 Å². The summed E-state index contributed by atoms with van der Waals surface area (Å²) in [5, 5.41) is 6.22. The van der Waals surface area contributed by atoms with E-state index >= 15 is 0 Å². The van der Waals surface area contributed by atoms with Crippen LogP contribution in [0, 0.1) is 0 Å². The van der Waals surface area contributed by atoms with Crippen LogP contribution < -0.4 is 11.1 Å². The second-order valence-corrected chi connectivity index (χ2v) is 6.39. The molecule has 0 aliphatic heterocycles. The lowest BCUT2D eigenvalue weighted by Crippen LogP contribution is -2.01. The van der Waals surface area contributed by atoms with Gasteiger partial charge in [-0.25, -0.2) is 4.98 Å². The lowest BCUT2D eigenvalue weighted by molar-refractivity contribution is 1.24. The molecule has 0 atom stereocenters. The van der Waals surface area contributed by atoms with Crippen LogP contribution in [0.2, 0.25) is 0 Å². The Kier molecular flexibility index (Phi) is 3.42. The minimum absolute atomic E-state index is 0.264. The molecular formula is C12H8Br2N4S. The van der Waals surface area contributed by atoms with Crippen molar-refractivity contribution in [1.82, 2.24) is 9.97 Å². The van der Waals surface area contributed by atoms with Gasteiger partial charge >= 0.3 is 0 Å². The lowest BCUT2D eigenvalue weighted by Gasteiger charge is -2.11. The zero-order valence-corrected chi connectivity index (χ0v) is 13.5. The first-order valence-electron chi connectivity index (χ1n) is 5.37. The Morgan fingerprint density at radius 1 is 1.11 bits per heavy atom. The van der Waals surface area contributed by atoms with Crippen molar-refractivity contribution < 1.29 is 0 Å². The van der Waals surface area contributed by atoms with E-state index in [4.69, 9.17) is 5.73 Å². The number of hydrogen-bond acceptors (Lipinski definition) is 5. The summed E-state index contributed by atoms with van der Waals surface area (Å²) < 4.78 is 1.89. The van der Waals surface area contributed by atoms with E-state index in [2.05, 4.69) is 47.1 Å². The molecule has 0 radical (unpaired) electrons. The Morgan fingerprint density at radius 2 is 1.84 bits per heavy atom. The fourth-order valence-corrected chi connectivity index (χ4v) is 3.67. The van der Waals surface area contributed by atoms with Crippen LogP contribution in [0.4, 0.5) is 17.5 Å². The molecule has 0 unspecified atom stereocenters. The van der Waals surface area contributed by atoms with Gasteiger partial charge in [0.15, 0.2) is 0 Å². The van der Waals surface area contributed by atoms with Gasteiger partial charge in [0.05, 0.1) is 11.1 Å². The first-order chi connectivity index (χ1) is 9.15. The normalized spacial score (nSPS) is 10.8. The van der Waals surface area contributed by atoms with Gasteiger partial charge in [-0.15, -0.1) is 11.3 Å². The van der Waals surface area contributed by atoms with Crippen LogP contribution in [0.5, 0.6) is 0 Å². The molecule has 3 N–H and O–H groups in total. The van der Waals surface area contributed by atoms with Gasteiger partial charge in [0.2, 0.25) is 5.95 Å². The van der Waals surface area contributed by atoms with Gasteiger partial charge in [-0.05, 0) is 55.4 Å². The van der Waals surface area contributed by atoms with E-state index in [9.17, 15) is 0 Å². The summed E-state index contributed by atoms with van der Waals surface area (Å²) in [4.78, 5) is 9.35. The Hall–Kier alpha value is -1.18. The third kappa shape index (κ3) is 2.45. The van der Waals surface area contributed by atoms with Crippen LogP contribution in [0.15, 0.2) is 38.6 Å². The zero-order chi connectivity index (χ0) is 13.4. The number of fused-ring (bicyclic) bond motifs is 1. The van der Waals surface area contributed by atoms with Crippen molar-refractivity contribution in [3.63, 3.8) is 0 Å². The van der Waals surface area contributed by atoms with Crippen LogP contribution in [0.1, 0.15) is 0 Å². The molecule has 19 heavy (non-hydrogen) atoms. The molecule has 2 heterocycles. The molecule has 2 aromatic heterocycles. The number of benzene rings is 1.